The summed E-state index contributed by atoms with van der Waals surface area (Å²) in [6.45, 7) is 0.466. The first-order valence-corrected chi connectivity index (χ1v) is 8.44. The Bertz CT molecular complexity index is 636. The fourth-order valence-electron chi connectivity index (χ4n) is 3.18. The minimum atomic E-state index is 0.136. The van der Waals surface area contributed by atoms with Gasteiger partial charge in [-0.15, -0.1) is 0 Å². The van der Waals surface area contributed by atoms with E-state index in [1.54, 1.807) is 6.33 Å². The van der Waals surface area contributed by atoms with Crippen LogP contribution in [0.2, 0.25) is 0 Å². The molecule has 1 heterocycles. The zero-order chi connectivity index (χ0) is 15.9. The molecule has 0 saturated heterocycles. The van der Waals surface area contributed by atoms with Gasteiger partial charge in [0.2, 0.25) is 5.91 Å². The smallest absolute Gasteiger partial charge is 0.220 e. The summed E-state index contributed by atoms with van der Waals surface area (Å²) in [5, 5.41) is 3.00. The molecular weight excluding hydrogens is 286 g/mol. The number of nitrogens with one attached hydrogen (secondary N) is 1. The van der Waals surface area contributed by atoms with E-state index in [0.29, 0.717) is 18.9 Å². The molecule has 4 nitrogen and oxygen atoms in total. The van der Waals surface area contributed by atoms with Crippen LogP contribution in [-0.4, -0.2) is 15.9 Å². The number of carbonyl (C=O) groups excluding carboxylic acids is 1. The molecule has 0 atom stereocenters. The van der Waals surface area contributed by atoms with Gasteiger partial charge in [0.15, 0.2) is 0 Å². The van der Waals surface area contributed by atoms with E-state index < -0.39 is 0 Å². The molecule has 23 heavy (non-hydrogen) atoms. The SMILES string of the molecule is O=C(CC1CCCCC1)NCc1cc(-c2ccccc2)ncn1. The first-order chi connectivity index (χ1) is 11.3. The van der Waals surface area contributed by atoms with Crippen LogP contribution in [0.1, 0.15) is 44.2 Å². The standard InChI is InChI=1S/C19H23N3O/c23-19(11-15-7-3-1-4-8-15)20-13-17-12-18(22-14-21-17)16-9-5-2-6-10-16/h2,5-6,9-10,12,14-15H,1,3-4,7-8,11,13H2,(H,20,23). The zero-order valence-corrected chi connectivity index (χ0v) is 13.4. The van der Waals surface area contributed by atoms with Crippen LogP contribution in [0.4, 0.5) is 0 Å². The van der Waals surface area contributed by atoms with Gasteiger partial charge >= 0.3 is 0 Å². The molecule has 120 valence electrons. The number of hydrogen-bond donors (Lipinski definition) is 1. The molecule has 1 amide bonds. The third-order valence-corrected chi connectivity index (χ3v) is 4.46. The molecule has 0 spiro atoms. The van der Waals surface area contributed by atoms with Crippen molar-refractivity contribution in [3.05, 3.63) is 48.4 Å². The van der Waals surface area contributed by atoms with E-state index in [2.05, 4.69) is 15.3 Å². The Morgan fingerprint density at radius 3 is 2.65 bits per heavy atom. The highest BCUT2D eigenvalue weighted by Gasteiger charge is 2.16. The molecular formula is C19H23N3O. The number of hydrogen-bond acceptors (Lipinski definition) is 3. The highest BCUT2D eigenvalue weighted by Crippen LogP contribution is 2.26. The second kappa shape index (κ2) is 7.86. The van der Waals surface area contributed by atoms with E-state index in [1.807, 2.05) is 36.4 Å². The first-order valence-electron chi connectivity index (χ1n) is 8.44. The summed E-state index contributed by atoms with van der Waals surface area (Å²) >= 11 is 0. The summed E-state index contributed by atoms with van der Waals surface area (Å²) in [6, 6.07) is 11.9. The summed E-state index contributed by atoms with van der Waals surface area (Å²) < 4.78 is 0. The maximum absolute atomic E-state index is 12.1. The molecule has 1 saturated carbocycles. The number of amides is 1. The number of aromatic nitrogens is 2. The number of rotatable bonds is 5. The van der Waals surface area contributed by atoms with Gasteiger partial charge in [-0.3, -0.25) is 4.79 Å². The lowest BCUT2D eigenvalue weighted by Crippen LogP contribution is -2.26. The summed E-state index contributed by atoms with van der Waals surface area (Å²) in [7, 11) is 0. The Hall–Kier alpha value is -2.23. The van der Waals surface area contributed by atoms with Crippen molar-refractivity contribution in [2.24, 2.45) is 5.92 Å². The van der Waals surface area contributed by atoms with Crippen molar-refractivity contribution in [1.29, 1.82) is 0 Å². The van der Waals surface area contributed by atoms with Crippen LogP contribution in [0, 0.1) is 5.92 Å². The van der Waals surface area contributed by atoms with E-state index in [-0.39, 0.29) is 5.91 Å². The Balaban J connectivity index is 1.55. The van der Waals surface area contributed by atoms with Crippen LogP contribution in [0.15, 0.2) is 42.7 Å². The summed E-state index contributed by atoms with van der Waals surface area (Å²) in [6.07, 6.45) is 8.45. The van der Waals surface area contributed by atoms with Crippen molar-refractivity contribution in [2.45, 2.75) is 45.1 Å². The van der Waals surface area contributed by atoms with Gasteiger partial charge in [0.25, 0.3) is 0 Å². The van der Waals surface area contributed by atoms with E-state index in [0.717, 1.165) is 17.0 Å². The van der Waals surface area contributed by atoms with Crippen molar-refractivity contribution in [1.82, 2.24) is 15.3 Å². The van der Waals surface area contributed by atoms with Gasteiger partial charge in [0.05, 0.1) is 17.9 Å². The second-order valence-corrected chi connectivity index (χ2v) is 6.25. The van der Waals surface area contributed by atoms with Gasteiger partial charge in [-0.1, -0.05) is 49.6 Å². The minimum Gasteiger partial charge on any atom is -0.350 e. The number of carbonyl (C=O) groups is 1. The Morgan fingerprint density at radius 1 is 1.09 bits per heavy atom. The van der Waals surface area contributed by atoms with Crippen LogP contribution in [-0.2, 0) is 11.3 Å². The fourth-order valence-corrected chi connectivity index (χ4v) is 3.18. The maximum atomic E-state index is 12.1. The molecule has 4 heteroatoms. The Labute approximate surface area is 137 Å². The molecule has 1 N–H and O–H groups in total. The number of benzene rings is 1. The first kappa shape index (κ1) is 15.7. The van der Waals surface area contributed by atoms with Gasteiger partial charge in [-0.25, -0.2) is 9.97 Å². The normalized spacial score (nSPS) is 15.3. The van der Waals surface area contributed by atoms with E-state index in [1.165, 1.54) is 32.1 Å². The highest BCUT2D eigenvalue weighted by atomic mass is 16.1. The quantitative estimate of drug-likeness (QED) is 0.915. The van der Waals surface area contributed by atoms with E-state index in [4.69, 9.17) is 0 Å². The predicted molar refractivity (Wildman–Crippen MR) is 90.5 cm³/mol. The van der Waals surface area contributed by atoms with Crippen LogP contribution in [0.25, 0.3) is 11.3 Å². The lowest BCUT2D eigenvalue weighted by Gasteiger charge is -2.20. The van der Waals surface area contributed by atoms with Crippen LogP contribution in [0.5, 0.6) is 0 Å². The lowest BCUT2D eigenvalue weighted by atomic mass is 9.87. The second-order valence-electron chi connectivity index (χ2n) is 6.25. The lowest BCUT2D eigenvalue weighted by molar-refractivity contribution is -0.122. The van der Waals surface area contributed by atoms with E-state index >= 15 is 0 Å². The molecule has 1 fully saturated rings. The molecule has 1 aliphatic rings. The summed E-state index contributed by atoms with van der Waals surface area (Å²) in [4.78, 5) is 20.6. The van der Waals surface area contributed by atoms with Crippen molar-refractivity contribution in [3.63, 3.8) is 0 Å². The molecule has 0 radical (unpaired) electrons. The Kier molecular flexibility index (Phi) is 5.35. The summed E-state index contributed by atoms with van der Waals surface area (Å²) in [5.41, 5.74) is 2.79. The summed E-state index contributed by atoms with van der Waals surface area (Å²) in [5.74, 6) is 0.700. The monoisotopic (exact) mass is 309 g/mol. The third-order valence-electron chi connectivity index (χ3n) is 4.46. The van der Waals surface area contributed by atoms with Crippen LogP contribution in [0.3, 0.4) is 0 Å². The molecule has 0 unspecified atom stereocenters. The van der Waals surface area contributed by atoms with Crippen LogP contribution < -0.4 is 5.32 Å². The minimum absolute atomic E-state index is 0.136. The molecule has 2 aromatic rings. The molecule has 1 aromatic carbocycles. The third kappa shape index (κ3) is 4.62. The van der Waals surface area contributed by atoms with Crippen molar-refractivity contribution in [3.8, 4) is 11.3 Å². The highest BCUT2D eigenvalue weighted by molar-refractivity contribution is 5.76. The average molecular weight is 309 g/mol. The predicted octanol–water partition coefficient (Wildman–Crippen LogP) is 3.73. The maximum Gasteiger partial charge on any atom is 0.220 e. The molecule has 1 aromatic heterocycles. The average Bonchev–Trinajstić information content (AvgIpc) is 2.62. The van der Waals surface area contributed by atoms with Gasteiger partial charge in [-0.05, 0) is 24.8 Å². The molecule has 3 rings (SSSR count). The Morgan fingerprint density at radius 2 is 1.87 bits per heavy atom. The molecule has 0 bridgehead atoms. The van der Waals surface area contributed by atoms with Gasteiger partial charge in [0.1, 0.15) is 6.33 Å². The van der Waals surface area contributed by atoms with Crippen molar-refractivity contribution < 1.29 is 4.79 Å². The van der Waals surface area contributed by atoms with Crippen molar-refractivity contribution >= 4 is 5.91 Å². The molecule has 0 aliphatic heterocycles. The van der Waals surface area contributed by atoms with Gasteiger partial charge in [-0.2, -0.15) is 0 Å². The zero-order valence-electron chi connectivity index (χ0n) is 13.4. The topological polar surface area (TPSA) is 54.9 Å². The number of nitrogens with zero attached hydrogens (tertiary/aromatic N) is 2. The molecule has 1 aliphatic carbocycles. The largest absolute Gasteiger partial charge is 0.350 e. The van der Waals surface area contributed by atoms with Gasteiger partial charge < -0.3 is 5.32 Å². The van der Waals surface area contributed by atoms with Gasteiger partial charge in [0, 0.05) is 12.0 Å². The fraction of sp³-hybridized carbons (Fsp3) is 0.421. The van der Waals surface area contributed by atoms with Crippen molar-refractivity contribution in [2.75, 3.05) is 0 Å². The van der Waals surface area contributed by atoms with Crippen LogP contribution >= 0.6 is 0 Å². The van der Waals surface area contributed by atoms with E-state index in [9.17, 15) is 4.79 Å².